The normalized spacial score (nSPS) is 10.7. The van der Waals surface area contributed by atoms with E-state index < -0.39 is 0 Å². The second kappa shape index (κ2) is 4.30. The summed E-state index contributed by atoms with van der Waals surface area (Å²) in [5.41, 5.74) is 1.87. The number of H-pyrrole nitrogens is 1. The molecule has 2 N–H and O–H groups in total. The topological polar surface area (TPSA) is 70.9 Å². The minimum atomic E-state index is -0.222. The van der Waals surface area contributed by atoms with Gasteiger partial charge in [-0.1, -0.05) is 0 Å². The third-order valence-corrected chi connectivity index (χ3v) is 3.22. The van der Waals surface area contributed by atoms with Gasteiger partial charge in [-0.05, 0) is 28.1 Å². The van der Waals surface area contributed by atoms with E-state index in [1.165, 1.54) is 12.5 Å². The first-order valence-corrected chi connectivity index (χ1v) is 6.00. The summed E-state index contributed by atoms with van der Waals surface area (Å²) in [4.78, 5) is 19.1. The molecule has 0 aliphatic carbocycles. The Morgan fingerprint density at radius 1 is 1.44 bits per heavy atom. The molecule has 0 aliphatic rings. The molecule has 0 atom stereocenters. The van der Waals surface area contributed by atoms with Gasteiger partial charge in [-0.2, -0.15) is 0 Å². The summed E-state index contributed by atoms with van der Waals surface area (Å²) in [6.07, 6.45) is 6.25. The standard InChI is InChI=1S/C12H8BrN3O2/c13-8-1-3-14-11-10(8)9(5-15-11)16-12(17)7-2-4-18-6-7/h1-6H,(H,14,15)(H,16,17). The van der Waals surface area contributed by atoms with Crippen LogP contribution in [0.1, 0.15) is 10.4 Å². The lowest BCUT2D eigenvalue weighted by Gasteiger charge is -2.02. The number of anilines is 1. The van der Waals surface area contributed by atoms with E-state index in [0.717, 1.165) is 9.86 Å². The molecule has 0 aliphatic heterocycles. The van der Waals surface area contributed by atoms with Crippen molar-refractivity contribution in [3.8, 4) is 0 Å². The second-order valence-corrected chi connectivity index (χ2v) is 4.54. The van der Waals surface area contributed by atoms with Gasteiger partial charge < -0.3 is 14.7 Å². The van der Waals surface area contributed by atoms with Gasteiger partial charge in [-0.3, -0.25) is 4.79 Å². The molecule has 0 saturated heterocycles. The molecular formula is C12H8BrN3O2. The van der Waals surface area contributed by atoms with Crippen molar-refractivity contribution in [1.29, 1.82) is 0 Å². The van der Waals surface area contributed by atoms with E-state index >= 15 is 0 Å². The first-order valence-electron chi connectivity index (χ1n) is 5.21. The maximum Gasteiger partial charge on any atom is 0.258 e. The van der Waals surface area contributed by atoms with Gasteiger partial charge in [-0.25, -0.2) is 4.98 Å². The molecular weight excluding hydrogens is 298 g/mol. The number of hydrogen-bond donors (Lipinski definition) is 2. The molecule has 0 aromatic carbocycles. The summed E-state index contributed by atoms with van der Waals surface area (Å²) >= 11 is 3.44. The van der Waals surface area contributed by atoms with Gasteiger partial charge in [0.2, 0.25) is 0 Å². The largest absolute Gasteiger partial charge is 0.472 e. The van der Waals surface area contributed by atoms with Crippen molar-refractivity contribution in [2.24, 2.45) is 0 Å². The molecule has 3 aromatic heterocycles. The Hall–Kier alpha value is -2.08. The van der Waals surface area contributed by atoms with E-state index in [-0.39, 0.29) is 5.91 Å². The molecule has 6 heteroatoms. The minimum absolute atomic E-state index is 0.222. The van der Waals surface area contributed by atoms with Gasteiger partial charge in [0.05, 0.1) is 22.9 Å². The fourth-order valence-electron chi connectivity index (χ4n) is 1.70. The number of furan rings is 1. The summed E-state index contributed by atoms with van der Waals surface area (Å²) in [6.45, 7) is 0. The number of nitrogens with one attached hydrogen (secondary N) is 2. The predicted molar refractivity (Wildman–Crippen MR) is 70.5 cm³/mol. The molecule has 0 spiro atoms. The number of pyridine rings is 1. The van der Waals surface area contributed by atoms with Crippen molar-refractivity contribution < 1.29 is 9.21 Å². The number of hydrogen-bond acceptors (Lipinski definition) is 3. The van der Waals surface area contributed by atoms with Gasteiger partial charge in [0.15, 0.2) is 0 Å². The molecule has 90 valence electrons. The van der Waals surface area contributed by atoms with Gasteiger partial charge in [0, 0.05) is 16.9 Å². The van der Waals surface area contributed by atoms with Crippen LogP contribution in [-0.2, 0) is 0 Å². The summed E-state index contributed by atoms with van der Waals surface area (Å²) in [6, 6.07) is 3.43. The molecule has 1 amide bonds. The summed E-state index contributed by atoms with van der Waals surface area (Å²) in [7, 11) is 0. The quantitative estimate of drug-likeness (QED) is 0.764. The molecule has 18 heavy (non-hydrogen) atoms. The van der Waals surface area contributed by atoms with E-state index in [0.29, 0.717) is 16.9 Å². The molecule has 0 radical (unpaired) electrons. The average molecular weight is 306 g/mol. The number of rotatable bonds is 2. The lowest BCUT2D eigenvalue weighted by atomic mass is 10.2. The first-order chi connectivity index (χ1) is 8.75. The molecule has 0 bridgehead atoms. The number of amides is 1. The Morgan fingerprint density at radius 3 is 3.11 bits per heavy atom. The SMILES string of the molecule is O=C(Nc1c[nH]c2nccc(Br)c12)c1ccoc1. The first kappa shape index (κ1) is 11.0. The van der Waals surface area contributed by atoms with Crippen molar-refractivity contribution in [2.45, 2.75) is 0 Å². The van der Waals surface area contributed by atoms with Gasteiger partial charge in [0.1, 0.15) is 11.9 Å². The van der Waals surface area contributed by atoms with Gasteiger partial charge >= 0.3 is 0 Å². The Bertz CT molecular complexity index is 703. The zero-order valence-corrected chi connectivity index (χ0v) is 10.7. The smallest absolute Gasteiger partial charge is 0.258 e. The van der Waals surface area contributed by atoms with Gasteiger partial charge in [-0.15, -0.1) is 0 Å². The molecule has 3 heterocycles. The maximum atomic E-state index is 11.9. The van der Waals surface area contributed by atoms with Crippen LogP contribution in [0.5, 0.6) is 0 Å². The van der Waals surface area contributed by atoms with E-state index in [1.807, 2.05) is 6.07 Å². The number of nitrogens with zero attached hydrogens (tertiary/aromatic N) is 1. The summed E-state index contributed by atoms with van der Waals surface area (Å²) < 4.78 is 5.75. The third kappa shape index (κ3) is 1.80. The number of fused-ring (bicyclic) bond motifs is 1. The van der Waals surface area contributed by atoms with Crippen LogP contribution in [0.3, 0.4) is 0 Å². The Morgan fingerprint density at radius 2 is 2.33 bits per heavy atom. The van der Waals surface area contributed by atoms with Crippen LogP contribution in [-0.4, -0.2) is 15.9 Å². The van der Waals surface area contributed by atoms with Crippen LogP contribution in [0.4, 0.5) is 5.69 Å². The van der Waals surface area contributed by atoms with Crippen molar-refractivity contribution in [2.75, 3.05) is 5.32 Å². The van der Waals surface area contributed by atoms with Crippen LogP contribution < -0.4 is 5.32 Å². The number of aromatic amines is 1. The number of carbonyl (C=O) groups is 1. The maximum absolute atomic E-state index is 11.9. The van der Waals surface area contributed by atoms with E-state index in [2.05, 4.69) is 31.2 Å². The fraction of sp³-hybridized carbons (Fsp3) is 0. The highest BCUT2D eigenvalue weighted by molar-refractivity contribution is 9.10. The number of halogens is 1. The number of carbonyl (C=O) groups excluding carboxylic acids is 1. The molecule has 5 nitrogen and oxygen atoms in total. The third-order valence-electron chi connectivity index (χ3n) is 2.55. The molecule has 3 rings (SSSR count). The molecule has 3 aromatic rings. The van der Waals surface area contributed by atoms with Crippen LogP contribution in [0.2, 0.25) is 0 Å². The van der Waals surface area contributed by atoms with Gasteiger partial charge in [0.25, 0.3) is 5.91 Å². The van der Waals surface area contributed by atoms with E-state index in [9.17, 15) is 4.79 Å². The van der Waals surface area contributed by atoms with Crippen molar-refractivity contribution >= 4 is 38.6 Å². The highest BCUT2D eigenvalue weighted by Crippen LogP contribution is 2.29. The molecule has 0 fully saturated rings. The van der Waals surface area contributed by atoms with Crippen LogP contribution in [0, 0.1) is 0 Å². The zero-order chi connectivity index (χ0) is 12.5. The highest BCUT2D eigenvalue weighted by Gasteiger charge is 2.12. The average Bonchev–Trinajstić information content (AvgIpc) is 2.99. The zero-order valence-electron chi connectivity index (χ0n) is 9.11. The predicted octanol–water partition coefficient (Wildman–Crippen LogP) is 3.17. The minimum Gasteiger partial charge on any atom is -0.472 e. The van der Waals surface area contributed by atoms with Crippen molar-refractivity contribution in [3.05, 3.63) is 47.1 Å². The monoisotopic (exact) mass is 305 g/mol. The van der Waals surface area contributed by atoms with E-state index in [1.54, 1.807) is 18.5 Å². The molecule has 0 unspecified atom stereocenters. The van der Waals surface area contributed by atoms with Crippen LogP contribution in [0.25, 0.3) is 11.0 Å². The second-order valence-electron chi connectivity index (χ2n) is 3.68. The Labute approximate surface area is 110 Å². The summed E-state index contributed by atoms with van der Waals surface area (Å²) in [5.74, 6) is -0.222. The van der Waals surface area contributed by atoms with E-state index in [4.69, 9.17) is 4.42 Å². The highest BCUT2D eigenvalue weighted by atomic mass is 79.9. The fourth-order valence-corrected chi connectivity index (χ4v) is 2.22. The lowest BCUT2D eigenvalue weighted by Crippen LogP contribution is -2.10. The molecule has 0 saturated carbocycles. The van der Waals surface area contributed by atoms with Crippen LogP contribution >= 0.6 is 15.9 Å². The summed E-state index contributed by atoms with van der Waals surface area (Å²) in [5, 5.41) is 3.65. The Balaban J connectivity index is 1.98. The lowest BCUT2D eigenvalue weighted by molar-refractivity contribution is 0.102. The van der Waals surface area contributed by atoms with Crippen molar-refractivity contribution in [3.63, 3.8) is 0 Å². The number of aromatic nitrogens is 2. The van der Waals surface area contributed by atoms with Crippen LogP contribution in [0.15, 0.2) is 45.9 Å². The van der Waals surface area contributed by atoms with Crippen molar-refractivity contribution in [1.82, 2.24) is 9.97 Å². The Kier molecular flexibility index (Phi) is 2.64.